The number of carbonyl (C=O) groups is 2. The first-order chi connectivity index (χ1) is 12.1. The first kappa shape index (κ1) is 17.4. The number of thioether (sulfide) groups is 1. The van der Waals surface area contributed by atoms with Crippen LogP contribution in [0, 0.1) is 0 Å². The summed E-state index contributed by atoms with van der Waals surface area (Å²) in [7, 11) is 0. The number of rotatable bonds is 5. The van der Waals surface area contributed by atoms with E-state index >= 15 is 0 Å². The molecule has 2 heterocycles. The summed E-state index contributed by atoms with van der Waals surface area (Å²) >= 11 is 1.28. The molecule has 2 aromatic rings. The number of carboxylic acids is 1. The molecular weight excluding hydrogens is 342 g/mol. The van der Waals surface area contributed by atoms with Crippen LogP contribution in [0.25, 0.3) is 5.69 Å². The van der Waals surface area contributed by atoms with E-state index in [0.717, 1.165) is 19.4 Å². The molecule has 1 unspecified atom stereocenters. The maximum atomic E-state index is 12.4. The van der Waals surface area contributed by atoms with E-state index < -0.39 is 5.97 Å². The normalized spacial score (nSPS) is 17.5. The maximum Gasteiger partial charge on any atom is 0.335 e. The standard InChI is InChI=1S/C16H19N5O3S/c1-11-4-2-3-9-20(11)14(22)10-25-16-17-18-19-21(16)13-7-5-12(6-8-13)15(23)24/h5-8,11H,2-4,9-10H2,1H3,(H,23,24). The van der Waals surface area contributed by atoms with Gasteiger partial charge in [0.1, 0.15) is 0 Å². The van der Waals surface area contributed by atoms with Gasteiger partial charge in [0.05, 0.1) is 17.0 Å². The second kappa shape index (κ2) is 7.64. The van der Waals surface area contributed by atoms with Gasteiger partial charge in [0.25, 0.3) is 0 Å². The lowest BCUT2D eigenvalue weighted by Crippen LogP contribution is -2.42. The van der Waals surface area contributed by atoms with Crippen LogP contribution in [-0.4, -0.2) is 60.4 Å². The summed E-state index contributed by atoms with van der Waals surface area (Å²) in [5.74, 6) is -0.620. The molecule has 1 aromatic carbocycles. The fourth-order valence-corrected chi connectivity index (χ4v) is 3.63. The third-order valence-electron chi connectivity index (χ3n) is 4.25. The lowest BCUT2D eigenvalue weighted by atomic mass is 10.0. The molecule has 1 N–H and O–H groups in total. The predicted molar refractivity (Wildman–Crippen MR) is 91.9 cm³/mol. The summed E-state index contributed by atoms with van der Waals surface area (Å²) < 4.78 is 1.50. The lowest BCUT2D eigenvalue weighted by molar-refractivity contribution is -0.131. The Bertz CT molecular complexity index is 761. The van der Waals surface area contributed by atoms with E-state index in [4.69, 9.17) is 5.11 Å². The first-order valence-corrected chi connectivity index (χ1v) is 9.09. The first-order valence-electron chi connectivity index (χ1n) is 8.10. The smallest absolute Gasteiger partial charge is 0.335 e. The summed E-state index contributed by atoms with van der Waals surface area (Å²) in [5, 5.41) is 21.0. The van der Waals surface area contributed by atoms with Crippen molar-refractivity contribution < 1.29 is 14.7 Å². The van der Waals surface area contributed by atoms with Gasteiger partial charge in [0.15, 0.2) is 0 Å². The van der Waals surface area contributed by atoms with Gasteiger partial charge in [-0.3, -0.25) is 4.79 Å². The van der Waals surface area contributed by atoms with Gasteiger partial charge < -0.3 is 10.0 Å². The number of benzene rings is 1. The number of aromatic nitrogens is 4. The van der Waals surface area contributed by atoms with E-state index in [1.54, 1.807) is 12.1 Å². The van der Waals surface area contributed by atoms with E-state index in [-0.39, 0.29) is 23.3 Å². The maximum absolute atomic E-state index is 12.4. The van der Waals surface area contributed by atoms with Crippen LogP contribution in [0.1, 0.15) is 36.5 Å². The summed E-state index contributed by atoms with van der Waals surface area (Å²) in [6, 6.07) is 6.54. The van der Waals surface area contributed by atoms with Gasteiger partial charge in [-0.2, -0.15) is 4.68 Å². The topological polar surface area (TPSA) is 101 Å². The molecule has 25 heavy (non-hydrogen) atoms. The van der Waals surface area contributed by atoms with Crippen molar-refractivity contribution >= 4 is 23.6 Å². The molecule has 0 saturated carbocycles. The Morgan fingerprint density at radius 2 is 2.04 bits per heavy atom. The van der Waals surface area contributed by atoms with Gasteiger partial charge in [0, 0.05) is 12.6 Å². The Hall–Kier alpha value is -2.42. The Balaban J connectivity index is 1.67. The van der Waals surface area contributed by atoms with Crippen molar-refractivity contribution in [2.75, 3.05) is 12.3 Å². The highest BCUT2D eigenvalue weighted by Crippen LogP contribution is 2.22. The number of tetrazole rings is 1. The minimum Gasteiger partial charge on any atom is -0.478 e. The van der Waals surface area contributed by atoms with E-state index in [1.165, 1.54) is 35.0 Å². The van der Waals surface area contributed by atoms with Crippen molar-refractivity contribution in [3.8, 4) is 5.69 Å². The van der Waals surface area contributed by atoms with Crippen LogP contribution >= 0.6 is 11.8 Å². The second-order valence-electron chi connectivity index (χ2n) is 5.95. The second-order valence-corrected chi connectivity index (χ2v) is 6.89. The molecule has 0 bridgehead atoms. The van der Waals surface area contributed by atoms with Gasteiger partial charge >= 0.3 is 5.97 Å². The monoisotopic (exact) mass is 361 g/mol. The number of nitrogens with zero attached hydrogens (tertiary/aromatic N) is 5. The Morgan fingerprint density at radius 1 is 1.28 bits per heavy atom. The fourth-order valence-electron chi connectivity index (χ4n) is 2.85. The van der Waals surface area contributed by atoms with Crippen LogP contribution in [0.15, 0.2) is 29.4 Å². The van der Waals surface area contributed by atoms with Gasteiger partial charge in [-0.1, -0.05) is 11.8 Å². The molecule has 1 saturated heterocycles. The third kappa shape index (κ3) is 3.98. The zero-order valence-corrected chi connectivity index (χ0v) is 14.6. The van der Waals surface area contributed by atoms with E-state index in [1.807, 2.05) is 4.90 Å². The highest BCUT2D eigenvalue weighted by Gasteiger charge is 2.23. The number of hydrogen-bond acceptors (Lipinski definition) is 6. The van der Waals surface area contributed by atoms with Crippen molar-refractivity contribution in [1.82, 2.24) is 25.1 Å². The molecule has 9 heteroatoms. The Labute approximate surface area is 149 Å². The van der Waals surface area contributed by atoms with Crippen molar-refractivity contribution in [3.63, 3.8) is 0 Å². The average Bonchev–Trinajstić information content (AvgIpc) is 3.08. The SMILES string of the molecule is CC1CCCCN1C(=O)CSc1nnnn1-c1ccc(C(=O)O)cc1. The van der Waals surface area contributed by atoms with Crippen LogP contribution < -0.4 is 0 Å². The van der Waals surface area contributed by atoms with Crippen LogP contribution in [0.3, 0.4) is 0 Å². The zero-order chi connectivity index (χ0) is 17.8. The van der Waals surface area contributed by atoms with E-state index in [9.17, 15) is 9.59 Å². The number of hydrogen-bond donors (Lipinski definition) is 1. The van der Waals surface area contributed by atoms with E-state index in [2.05, 4.69) is 22.4 Å². The molecule has 1 amide bonds. The number of aromatic carboxylic acids is 1. The highest BCUT2D eigenvalue weighted by molar-refractivity contribution is 7.99. The van der Waals surface area contributed by atoms with Crippen LogP contribution in [0.5, 0.6) is 0 Å². The summed E-state index contributed by atoms with van der Waals surface area (Å²) in [6.07, 6.45) is 3.27. The lowest BCUT2D eigenvalue weighted by Gasteiger charge is -2.33. The van der Waals surface area contributed by atoms with Gasteiger partial charge in [-0.15, -0.1) is 5.10 Å². The Morgan fingerprint density at radius 3 is 2.72 bits per heavy atom. The summed E-state index contributed by atoms with van der Waals surface area (Å²) in [6.45, 7) is 2.89. The molecule has 1 aromatic heterocycles. The van der Waals surface area contributed by atoms with Gasteiger partial charge in [-0.25, -0.2) is 4.79 Å². The Kier molecular flexibility index (Phi) is 5.32. The molecular formula is C16H19N5O3S. The highest BCUT2D eigenvalue weighted by atomic mass is 32.2. The van der Waals surface area contributed by atoms with Crippen LogP contribution in [-0.2, 0) is 4.79 Å². The third-order valence-corrected chi connectivity index (χ3v) is 5.15. The minimum absolute atomic E-state index is 0.0907. The largest absolute Gasteiger partial charge is 0.478 e. The number of piperidine rings is 1. The van der Waals surface area contributed by atoms with Crippen LogP contribution in [0.2, 0.25) is 0 Å². The van der Waals surface area contributed by atoms with Crippen molar-refractivity contribution in [2.24, 2.45) is 0 Å². The summed E-state index contributed by atoms with van der Waals surface area (Å²) in [5.41, 5.74) is 0.844. The molecule has 132 valence electrons. The fraction of sp³-hybridized carbons (Fsp3) is 0.438. The molecule has 1 atom stereocenters. The van der Waals surface area contributed by atoms with Gasteiger partial charge in [-0.05, 0) is 60.9 Å². The predicted octanol–water partition coefficient (Wildman–Crippen LogP) is 1.85. The molecule has 0 radical (unpaired) electrons. The minimum atomic E-state index is -0.987. The molecule has 0 spiro atoms. The molecule has 0 aliphatic carbocycles. The van der Waals surface area contributed by atoms with Crippen molar-refractivity contribution in [3.05, 3.63) is 29.8 Å². The van der Waals surface area contributed by atoms with Gasteiger partial charge in [0.2, 0.25) is 11.1 Å². The zero-order valence-electron chi connectivity index (χ0n) is 13.8. The number of likely N-dealkylation sites (tertiary alicyclic amines) is 1. The summed E-state index contributed by atoms with van der Waals surface area (Å²) in [4.78, 5) is 25.3. The van der Waals surface area contributed by atoms with Crippen LogP contribution in [0.4, 0.5) is 0 Å². The molecule has 1 aliphatic heterocycles. The molecule has 1 fully saturated rings. The molecule has 8 nitrogen and oxygen atoms in total. The number of carboxylic acid groups (broad SMARTS) is 1. The molecule has 1 aliphatic rings. The van der Waals surface area contributed by atoms with Crippen molar-refractivity contribution in [1.29, 1.82) is 0 Å². The number of amides is 1. The molecule has 3 rings (SSSR count). The van der Waals surface area contributed by atoms with Crippen molar-refractivity contribution in [2.45, 2.75) is 37.4 Å². The average molecular weight is 361 g/mol. The quantitative estimate of drug-likeness (QED) is 0.811. The number of carbonyl (C=O) groups excluding carboxylic acids is 1. The van der Waals surface area contributed by atoms with E-state index in [0.29, 0.717) is 10.8 Å².